The second-order valence-corrected chi connectivity index (χ2v) is 5.55. The number of oxime groups is 1. The molecule has 2 aromatic carbocycles. The van der Waals surface area contributed by atoms with E-state index in [9.17, 15) is 18.4 Å². The largest absolute Gasteiger partial charge is 0.440 e. The molecule has 0 aliphatic carbocycles. The summed E-state index contributed by atoms with van der Waals surface area (Å²) in [5.41, 5.74) is 0.202. The summed E-state index contributed by atoms with van der Waals surface area (Å²) in [4.78, 5) is 28.1. The molecule has 0 unspecified atom stereocenters. The number of amides is 2. The lowest BCUT2D eigenvalue weighted by Gasteiger charge is -2.06. The highest BCUT2D eigenvalue weighted by Gasteiger charge is 2.18. The molecular weight excluding hydrogens is 377 g/mol. The van der Waals surface area contributed by atoms with Crippen molar-refractivity contribution in [1.82, 2.24) is 5.32 Å². The zero-order valence-electron chi connectivity index (χ0n) is 12.6. The quantitative estimate of drug-likeness (QED) is 0.477. The van der Waals surface area contributed by atoms with Crippen LogP contribution < -0.4 is 5.32 Å². The number of nitrogens with zero attached hydrogens (tertiary/aromatic N) is 1. The van der Waals surface area contributed by atoms with E-state index >= 15 is 0 Å². The van der Waals surface area contributed by atoms with E-state index in [1.54, 1.807) is 0 Å². The van der Waals surface area contributed by atoms with Crippen molar-refractivity contribution in [3.63, 3.8) is 0 Å². The summed E-state index contributed by atoms with van der Waals surface area (Å²) < 4.78 is 26.0. The summed E-state index contributed by atoms with van der Waals surface area (Å²) in [6.07, 6.45) is -1.19. The van der Waals surface area contributed by atoms with E-state index in [2.05, 4.69) is 9.99 Å². The van der Waals surface area contributed by atoms with Crippen molar-refractivity contribution in [2.75, 3.05) is 0 Å². The Morgan fingerprint density at radius 3 is 2.32 bits per heavy atom. The number of halogens is 4. The summed E-state index contributed by atoms with van der Waals surface area (Å²) in [7, 11) is 0. The standard InChI is InChI=1S/C16H10Cl2F2N2O3/c1-8(9-5-6-12(19)13(20)7-9)22-25-16(24)21-15(23)14-10(17)3-2-4-11(14)18/h2-7H,1H3,(H,21,23,24)/b22-8+. The third kappa shape index (κ3) is 4.74. The molecule has 0 fully saturated rings. The number of imide groups is 1. The molecule has 0 saturated heterocycles. The topological polar surface area (TPSA) is 67.8 Å². The highest BCUT2D eigenvalue weighted by Crippen LogP contribution is 2.23. The molecule has 0 aliphatic rings. The highest BCUT2D eigenvalue weighted by molar-refractivity contribution is 6.40. The molecule has 25 heavy (non-hydrogen) atoms. The molecule has 0 aliphatic heterocycles. The third-order valence-electron chi connectivity index (χ3n) is 3.01. The second-order valence-electron chi connectivity index (χ2n) is 4.74. The number of carbonyl (C=O) groups excluding carboxylic acids is 2. The van der Waals surface area contributed by atoms with Gasteiger partial charge in [-0.1, -0.05) is 34.4 Å². The van der Waals surface area contributed by atoms with E-state index in [0.717, 1.165) is 12.1 Å². The Labute approximate surface area is 151 Å². The minimum Gasteiger partial charge on any atom is -0.297 e. The van der Waals surface area contributed by atoms with Crippen LogP contribution >= 0.6 is 23.2 Å². The Hall–Kier alpha value is -2.51. The first-order valence-electron chi connectivity index (χ1n) is 6.76. The molecule has 0 radical (unpaired) electrons. The summed E-state index contributed by atoms with van der Waals surface area (Å²) in [5, 5.41) is 5.46. The molecule has 1 N–H and O–H groups in total. The SMILES string of the molecule is C/C(=N\OC(=O)NC(=O)c1c(Cl)cccc1Cl)c1ccc(F)c(F)c1. The first-order valence-corrected chi connectivity index (χ1v) is 7.51. The zero-order valence-corrected chi connectivity index (χ0v) is 14.2. The van der Waals surface area contributed by atoms with Crippen LogP contribution in [0.1, 0.15) is 22.8 Å². The van der Waals surface area contributed by atoms with Gasteiger partial charge in [-0.05, 0) is 37.3 Å². The van der Waals surface area contributed by atoms with Gasteiger partial charge in [-0.3, -0.25) is 14.9 Å². The minimum atomic E-state index is -1.19. The van der Waals surface area contributed by atoms with Crippen molar-refractivity contribution >= 4 is 40.9 Å². The van der Waals surface area contributed by atoms with E-state index in [4.69, 9.17) is 23.2 Å². The molecule has 9 heteroatoms. The highest BCUT2D eigenvalue weighted by atomic mass is 35.5. The Morgan fingerprint density at radius 1 is 1.08 bits per heavy atom. The second kappa shape index (κ2) is 8.04. The zero-order chi connectivity index (χ0) is 18.6. The van der Waals surface area contributed by atoms with Gasteiger partial charge in [-0.15, -0.1) is 0 Å². The number of nitrogens with one attached hydrogen (secondary N) is 1. The lowest BCUT2D eigenvalue weighted by Crippen LogP contribution is -2.30. The lowest BCUT2D eigenvalue weighted by atomic mass is 10.1. The average Bonchev–Trinajstić information content (AvgIpc) is 2.55. The van der Waals surface area contributed by atoms with Crippen LogP contribution in [0.25, 0.3) is 0 Å². The summed E-state index contributed by atoms with van der Waals surface area (Å²) in [5.74, 6) is -2.96. The van der Waals surface area contributed by atoms with Crippen LogP contribution in [0.5, 0.6) is 0 Å². The molecule has 5 nitrogen and oxygen atoms in total. The number of benzene rings is 2. The molecular formula is C16H10Cl2F2N2O3. The number of hydrogen-bond donors (Lipinski definition) is 1. The molecule has 2 aromatic rings. The van der Waals surface area contributed by atoms with Gasteiger partial charge in [0.2, 0.25) is 0 Å². The van der Waals surface area contributed by atoms with Crippen molar-refractivity contribution in [1.29, 1.82) is 0 Å². The molecule has 2 rings (SSSR count). The van der Waals surface area contributed by atoms with Gasteiger partial charge in [0.15, 0.2) is 11.6 Å². The van der Waals surface area contributed by atoms with Crippen molar-refractivity contribution < 1.29 is 23.2 Å². The Bertz CT molecular complexity index is 852. The van der Waals surface area contributed by atoms with E-state index in [0.29, 0.717) is 0 Å². The van der Waals surface area contributed by atoms with Crippen molar-refractivity contribution in [3.05, 3.63) is 69.2 Å². The van der Waals surface area contributed by atoms with Crippen LogP contribution in [-0.2, 0) is 4.84 Å². The predicted molar refractivity (Wildman–Crippen MR) is 89.0 cm³/mol. The summed E-state index contributed by atoms with van der Waals surface area (Å²) >= 11 is 11.7. The van der Waals surface area contributed by atoms with Crippen LogP contribution in [-0.4, -0.2) is 17.7 Å². The lowest BCUT2D eigenvalue weighted by molar-refractivity contribution is 0.0923. The maximum absolute atomic E-state index is 13.2. The van der Waals surface area contributed by atoms with Gasteiger partial charge in [0.25, 0.3) is 5.91 Å². The van der Waals surface area contributed by atoms with Crippen LogP contribution in [0, 0.1) is 11.6 Å². The average molecular weight is 387 g/mol. The van der Waals surface area contributed by atoms with Gasteiger partial charge in [-0.25, -0.2) is 13.6 Å². The van der Waals surface area contributed by atoms with Gasteiger partial charge < -0.3 is 0 Å². The Morgan fingerprint density at radius 2 is 1.72 bits per heavy atom. The molecule has 0 atom stereocenters. The summed E-state index contributed by atoms with van der Waals surface area (Å²) in [6.45, 7) is 1.41. The van der Waals surface area contributed by atoms with Gasteiger partial charge in [0.1, 0.15) is 0 Å². The molecule has 2 amide bonds. The van der Waals surface area contributed by atoms with E-state index in [1.165, 1.54) is 31.2 Å². The summed E-state index contributed by atoms with van der Waals surface area (Å²) in [6, 6.07) is 7.46. The van der Waals surface area contributed by atoms with Gasteiger partial charge in [0, 0.05) is 5.56 Å². The predicted octanol–water partition coefficient (Wildman–Crippen LogP) is 4.56. The van der Waals surface area contributed by atoms with E-state index < -0.39 is 23.6 Å². The monoisotopic (exact) mass is 386 g/mol. The van der Waals surface area contributed by atoms with Crippen LogP contribution in [0.3, 0.4) is 0 Å². The molecule has 0 heterocycles. The maximum Gasteiger partial charge on any atom is 0.440 e. The number of hydrogen-bond acceptors (Lipinski definition) is 4. The van der Waals surface area contributed by atoms with Crippen LogP contribution in [0.15, 0.2) is 41.6 Å². The van der Waals surface area contributed by atoms with Crippen LogP contribution in [0.2, 0.25) is 10.0 Å². The first-order chi connectivity index (χ1) is 11.8. The normalized spacial score (nSPS) is 11.2. The fraction of sp³-hybridized carbons (Fsp3) is 0.0625. The van der Waals surface area contributed by atoms with Crippen molar-refractivity contribution in [3.8, 4) is 0 Å². The first kappa shape index (κ1) is 18.8. The van der Waals surface area contributed by atoms with E-state index in [1.807, 2.05) is 5.32 Å². The van der Waals surface area contributed by atoms with Gasteiger partial charge >= 0.3 is 6.09 Å². The maximum atomic E-state index is 13.2. The van der Waals surface area contributed by atoms with Gasteiger partial charge in [0.05, 0.1) is 21.3 Å². The third-order valence-corrected chi connectivity index (χ3v) is 3.64. The molecule has 0 saturated carbocycles. The minimum absolute atomic E-state index is 0.0549. The fourth-order valence-electron chi connectivity index (χ4n) is 1.78. The Kier molecular flexibility index (Phi) is 6.06. The Balaban J connectivity index is 2.04. The van der Waals surface area contributed by atoms with Gasteiger partial charge in [-0.2, -0.15) is 0 Å². The number of carbonyl (C=O) groups is 2. The fourth-order valence-corrected chi connectivity index (χ4v) is 2.35. The van der Waals surface area contributed by atoms with E-state index in [-0.39, 0.29) is 26.9 Å². The van der Waals surface area contributed by atoms with Crippen LogP contribution in [0.4, 0.5) is 13.6 Å². The number of rotatable bonds is 3. The molecule has 0 spiro atoms. The van der Waals surface area contributed by atoms with Crippen molar-refractivity contribution in [2.24, 2.45) is 5.16 Å². The van der Waals surface area contributed by atoms with Crippen molar-refractivity contribution in [2.45, 2.75) is 6.92 Å². The smallest absolute Gasteiger partial charge is 0.297 e. The molecule has 130 valence electrons. The molecule has 0 aromatic heterocycles. The molecule has 0 bridgehead atoms.